The zero-order valence-electron chi connectivity index (χ0n) is 13.5. The fraction of sp³-hybridized carbons (Fsp3) is 0.300. The molecule has 23 heavy (non-hydrogen) atoms. The SMILES string of the molecule is CCN1c2ccccc2C(CCO)=C(CCO)c2ccccc21. The van der Waals surface area contributed by atoms with E-state index in [0.29, 0.717) is 12.8 Å². The minimum absolute atomic E-state index is 0.104. The summed E-state index contributed by atoms with van der Waals surface area (Å²) >= 11 is 0. The molecule has 120 valence electrons. The van der Waals surface area contributed by atoms with Gasteiger partial charge in [-0.2, -0.15) is 0 Å². The minimum Gasteiger partial charge on any atom is -0.396 e. The molecule has 0 aromatic heterocycles. The maximum atomic E-state index is 9.58. The van der Waals surface area contributed by atoms with E-state index in [1.807, 2.05) is 12.1 Å². The van der Waals surface area contributed by atoms with Gasteiger partial charge in [0.1, 0.15) is 0 Å². The molecule has 0 unspecified atom stereocenters. The molecule has 3 nitrogen and oxygen atoms in total. The molecule has 0 bridgehead atoms. The summed E-state index contributed by atoms with van der Waals surface area (Å²) in [5, 5.41) is 19.2. The van der Waals surface area contributed by atoms with Gasteiger partial charge in [-0.05, 0) is 43.0 Å². The highest BCUT2D eigenvalue weighted by molar-refractivity contribution is 6.01. The fourth-order valence-corrected chi connectivity index (χ4v) is 3.52. The fourth-order valence-electron chi connectivity index (χ4n) is 3.52. The van der Waals surface area contributed by atoms with Gasteiger partial charge in [-0.3, -0.25) is 0 Å². The van der Waals surface area contributed by atoms with Crippen LogP contribution in [0.3, 0.4) is 0 Å². The van der Waals surface area contributed by atoms with Crippen LogP contribution in [0.25, 0.3) is 11.1 Å². The Balaban J connectivity index is 2.35. The number of hydrogen-bond donors (Lipinski definition) is 2. The second kappa shape index (κ2) is 6.99. The lowest BCUT2D eigenvalue weighted by molar-refractivity contribution is 0.301. The predicted molar refractivity (Wildman–Crippen MR) is 95.8 cm³/mol. The topological polar surface area (TPSA) is 43.7 Å². The van der Waals surface area contributed by atoms with Crippen LogP contribution >= 0.6 is 0 Å². The monoisotopic (exact) mass is 309 g/mol. The van der Waals surface area contributed by atoms with E-state index in [-0.39, 0.29) is 13.2 Å². The molecule has 0 fully saturated rings. The van der Waals surface area contributed by atoms with Gasteiger partial charge in [0.15, 0.2) is 0 Å². The Labute approximate surface area is 137 Å². The molecule has 3 heteroatoms. The number of hydrogen-bond acceptors (Lipinski definition) is 3. The lowest BCUT2D eigenvalue weighted by Gasteiger charge is -2.25. The van der Waals surface area contributed by atoms with Crippen molar-refractivity contribution in [2.45, 2.75) is 19.8 Å². The van der Waals surface area contributed by atoms with Crippen molar-refractivity contribution in [3.63, 3.8) is 0 Å². The average Bonchev–Trinajstić information content (AvgIpc) is 2.70. The Hall–Kier alpha value is -2.10. The molecule has 0 saturated carbocycles. The third-order valence-corrected chi connectivity index (χ3v) is 4.44. The van der Waals surface area contributed by atoms with E-state index in [1.165, 1.54) is 11.4 Å². The molecule has 0 radical (unpaired) electrons. The third kappa shape index (κ3) is 2.78. The Morgan fingerprint density at radius 3 is 1.57 bits per heavy atom. The number of para-hydroxylation sites is 2. The van der Waals surface area contributed by atoms with Crippen LogP contribution in [0.15, 0.2) is 48.5 Å². The van der Waals surface area contributed by atoms with Crippen LogP contribution in [-0.4, -0.2) is 30.0 Å². The Morgan fingerprint density at radius 1 is 0.739 bits per heavy atom. The highest BCUT2D eigenvalue weighted by Crippen LogP contribution is 2.45. The first-order chi connectivity index (χ1) is 11.3. The van der Waals surface area contributed by atoms with Crippen LogP contribution in [0.2, 0.25) is 0 Å². The summed E-state index contributed by atoms with van der Waals surface area (Å²) in [7, 11) is 0. The van der Waals surface area contributed by atoms with Crippen molar-refractivity contribution < 1.29 is 10.2 Å². The Morgan fingerprint density at radius 2 is 1.17 bits per heavy atom. The molecule has 1 aliphatic rings. The van der Waals surface area contributed by atoms with Gasteiger partial charge in [-0.1, -0.05) is 36.4 Å². The molecule has 0 aliphatic carbocycles. The van der Waals surface area contributed by atoms with Gasteiger partial charge in [-0.25, -0.2) is 0 Å². The van der Waals surface area contributed by atoms with Crippen molar-refractivity contribution >= 4 is 22.5 Å². The number of benzene rings is 2. The standard InChI is InChI=1S/C20H23NO2/c1-2-21-19-9-5-3-7-17(19)15(11-13-22)16(12-14-23)18-8-4-6-10-20(18)21/h3-10,22-23H,2,11-14H2,1H3. The maximum absolute atomic E-state index is 9.58. The first kappa shape index (κ1) is 15.8. The first-order valence-electron chi connectivity index (χ1n) is 8.21. The summed E-state index contributed by atoms with van der Waals surface area (Å²) in [5.74, 6) is 0. The van der Waals surface area contributed by atoms with Crippen molar-refractivity contribution in [1.29, 1.82) is 0 Å². The van der Waals surface area contributed by atoms with Crippen molar-refractivity contribution in [2.75, 3.05) is 24.7 Å². The Kier molecular flexibility index (Phi) is 4.79. The molecule has 0 atom stereocenters. The van der Waals surface area contributed by atoms with Crippen molar-refractivity contribution in [3.05, 3.63) is 59.7 Å². The maximum Gasteiger partial charge on any atom is 0.0487 e. The number of nitrogens with zero attached hydrogens (tertiary/aromatic N) is 1. The summed E-state index contributed by atoms with van der Waals surface area (Å²) < 4.78 is 0. The molecule has 2 aromatic rings. The lowest BCUT2D eigenvalue weighted by Crippen LogP contribution is -2.17. The molecule has 3 rings (SSSR count). The first-order valence-corrected chi connectivity index (χ1v) is 8.21. The second-order valence-electron chi connectivity index (χ2n) is 5.68. The van der Waals surface area contributed by atoms with E-state index in [4.69, 9.17) is 0 Å². The van der Waals surface area contributed by atoms with E-state index in [2.05, 4.69) is 48.2 Å². The number of aliphatic hydroxyl groups excluding tert-OH is 2. The molecule has 1 aliphatic heterocycles. The van der Waals surface area contributed by atoms with Crippen LogP contribution in [0.1, 0.15) is 30.9 Å². The van der Waals surface area contributed by atoms with Gasteiger partial charge in [0, 0.05) is 42.3 Å². The average molecular weight is 309 g/mol. The molecular weight excluding hydrogens is 286 g/mol. The van der Waals surface area contributed by atoms with E-state index in [9.17, 15) is 10.2 Å². The summed E-state index contributed by atoms with van der Waals surface area (Å²) in [6.45, 7) is 3.23. The largest absolute Gasteiger partial charge is 0.396 e. The smallest absolute Gasteiger partial charge is 0.0487 e. The molecule has 0 amide bonds. The highest BCUT2D eigenvalue weighted by atomic mass is 16.3. The predicted octanol–water partition coefficient (Wildman–Crippen LogP) is 3.83. The highest BCUT2D eigenvalue weighted by Gasteiger charge is 2.24. The number of fused-ring (bicyclic) bond motifs is 2. The van der Waals surface area contributed by atoms with Crippen LogP contribution in [0.5, 0.6) is 0 Å². The lowest BCUT2D eigenvalue weighted by atomic mass is 9.91. The van der Waals surface area contributed by atoms with Crippen LogP contribution < -0.4 is 4.90 Å². The zero-order valence-corrected chi connectivity index (χ0v) is 13.5. The summed E-state index contributed by atoms with van der Waals surface area (Å²) in [6.07, 6.45) is 1.19. The molecule has 0 saturated heterocycles. The minimum atomic E-state index is 0.104. The second-order valence-corrected chi connectivity index (χ2v) is 5.68. The normalized spacial score (nSPS) is 13.6. The van der Waals surface area contributed by atoms with Crippen molar-refractivity contribution in [1.82, 2.24) is 0 Å². The van der Waals surface area contributed by atoms with Crippen LogP contribution in [0, 0.1) is 0 Å². The van der Waals surface area contributed by atoms with Gasteiger partial charge in [-0.15, -0.1) is 0 Å². The van der Waals surface area contributed by atoms with Crippen LogP contribution in [0.4, 0.5) is 11.4 Å². The van der Waals surface area contributed by atoms with Gasteiger partial charge in [0.05, 0.1) is 0 Å². The van der Waals surface area contributed by atoms with Gasteiger partial charge in [0.2, 0.25) is 0 Å². The number of anilines is 2. The Bertz CT molecular complexity index is 662. The van der Waals surface area contributed by atoms with Crippen molar-refractivity contribution in [3.8, 4) is 0 Å². The zero-order chi connectivity index (χ0) is 16.2. The molecule has 2 aromatic carbocycles. The van der Waals surface area contributed by atoms with Gasteiger partial charge in [0.25, 0.3) is 0 Å². The number of aliphatic hydroxyl groups is 2. The molecule has 0 spiro atoms. The number of rotatable bonds is 5. The summed E-state index contributed by atoms with van der Waals surface area (Å²) in [6, 6.07) is 16.7. The van der Waals surface area contributed by atoms with E-state index >= 15 is 0 Å². The molecular formula is C20H23NO2. The van der Waals surface area contributed by atoms with Crippen molar-refractivity contribution in [2.24, 2.45) is 0 Å². The van der Waals surface area contributed by atoms with E-state index in [1.54, 1.807) is 0 Å². The van der Waals surface area contributed by atoms with Gasteiger partial charge >= 0.3 is 0 Å². The molecule has 1 heterocycles. The summed E-state index contributed by atoms with van der Waals surface area (Å²) in [4.78, 5) is 2.31. The van der Waals surface area contributed by atoms with Crippen LogP contribution in [-0.2, 0) is 0 Å². The quantitative estimate of drug-likeness (QED) is 0.882. The van der Waals surface area contributed by atoms with E-state index in [0.717, 1.165) is 28.8 Å². The summed E-state index contributed by atoms with van der Waals surface area (Å²) in [5.41, 5.74) is 6.92. The van der Waals surface area contributed by atoms with E-state index < -0.39 is 0 Å². The molecule has 2 N–H and O–H groups in total. The third-order valence-electron chi connectivity index (χ3n) is 4.44. The van der Waals surface area contributed by atoms with Gasteiger partial charge < -0.3 is 15.1 Å².